The van der Waals surface area contributed by atoms with Gasteiger partial charge in [-0.25, -0.2) is 9.67 Å². The molecule has 0 radical (unpaired) electrons. The Kier molecular flexibility index (Phi) is 6.75. The molecule has 0 aliphatic carbocycles. The predicted molar refractivity (Wildman–Crippen MR) is 140 cm³/mol. The van der Waals surface area contributed by atoms with Crippen molar-refractivity contribution < 1.29 is 4.79 Å². The third kappa shape index (κ3) is 5.10. The fourth-order valence-electron chi connectivity index (χ4n) is 4.91. The van der Waals surface area contributed by atoms with Gasteiger partial charge >= 0.3 is 0 Å². The van der Waals surface area contributed by atoms with Gasteiger partial charge in [0.05, 0.1) is 11.7 Å². The van der Waals surface area contributed by atoms with Crippen LogP contribution in [0, 0.1) is 13.8 Å². The van der Waals surface area contributed by atoms with Gasteiger partial charge in [-0.1, -0.05) is 40.9 Å². The fraction of sp³-hybridized carbons (Fsp3) is 0.308. The van der Waals surface area contributed by atoms with Gasteiger partial charge in [0.1, 0.15) is 12.4 Å². The van der Waals surface area contributed by atoms with Crippen molar-refractivity contribution in [3.63, 3.8) is 0 Å². The highest BCUT2D eigenvalue weighted by Crippen LogP contribution is 2.28. The van der Waals surface area contributed by atoms with Crippen molar-refractivity contribution in [3.8, 4) is 5.69 Å². The lowest BCUT2D eigenvalue weighted by Crippen LogP contribution is -2.38. The number of nitrogens with zero attached hydrogens (tertiary/aromatic N) is 6. The lowest BCUT2D eigenvalue weighted by atomic mass is 10.1. The number of hydrogen-bond donors (Lipinski definition) is 2. The van der Waals surface area contributed by atoms with Crippen LogP contribution >= 0.6 is 11.6 Å². The Hall–Kier alpha value is -4.05. The van der Waals surface area contributed by atoms with Crippen LogP contribution in [0.15, 0.2) is 53.7 Å². The highest BCUT2D eigenvalue weighted by atomic mass is 35.5. The molecule has 1 aliphatic rings. The molecule has 5 rings (SSSR count). The molecule has 1 aliphatic heterocycles. The summed E-state index contributed by atoms with van der Waals surface area (Å²) < 4.78 is 3.07. The van der Waals surface area contributed by atoms with Crippen molar-refractivity contribution in [1.29, 1.82) is 0 Å². The van der Waals surface area contributed by atoms with Crippen molar-refractivity contribution in [2.75, 3.05) is 5.32 Å². The first-order chi connectivity index (χ1) is 17.8. The average Bonchev–Trinajstić information content (AvgIpc) is 3.54. The van der Waals surface area contributed by atoms with E-state index >= 15 is 0 Å². The number of rotatable bonds is 7. The third-order valence-electron chi connectivity index (χ3n) is 6.51. The van der Waals surface area contributed by atoms with Crippen LogP contribution in [0.1, 0.15) is 53.4 Å². The van der Waals surface area contributed by atoms with E-state index in [1.54, 1.807) is 29.0 Å². The minimum atomic E-state index is -0.634. The van der Waals surface area contributed by atoms with Gasteiger partial charge < -0.3 is 10.6 Å². The summed E-state index contributed by atoms with van der Waals surface area (Å²) in [4.78, 5) is 31.1. The Bertz CT molecular complexity index is 1500. The summed E-state index contributed by atoms with van der Waals surface area (Å²) in [5, 5.41) is 18.1. The zero-order valence-electron chi connectivity index (χ0n) is 20.8. The standard InChI is InChI=1S/C26H27ClN8O2/c1-15-8-16(2)10-18(9-15)12-28-24-26(37)35-20(13-29-24)5-7-23(35)25(36)31-17(3)21-11-19(27)4-6-22(21)34-14-30-32-33-34/h4,6,8-11,13-14,17,23H,5,7,12H2,1-3H3,(H,28,29)(H,31,36)/t17?,23-/m0/s1. The molecule has 10 nitrogen and oxygen atoms in total. The van der Waals surface area contributed by atoms with Gasteiger partial charge in [0.25, 0.3) is 5.56 Å². The number of aromatic nitrogens is 6. The molecule has 3 heterocycles. The summed E-state index contributed by atoms with van der Waals surface area (Å²) in [6, 6.07) is 10.5. The van der Waals surface area contributed by atoms with Gasteiger partial charge in [0.2, 0.25) is 5.91 Å². The molecule has 0 saturated heterocycles. The van der Waals surface area contributed by atoms with Crippen LogP contribution in [0.4, 0.5) is 5.82 Å². The zero-order chi connectivity index (χ0) is 26.1. The first kappa shape index (κ1) is 24.6. The van der Waals surface area contributed by atoms with Gasteiger partial charge in [-0.15, -0.1) is 5.10 Å². The molecule has 0 fully saturated rings. The molecular weight excluding hydrogens is 492 g/mol. The van der Waals surface area contributed by atoms with E-state index in [1.165, 1.54) is 11.0 Å². The van der Waals surface area contributed by atoms with Gasteiger partial charge in [0.15, 0.2) is 5.82 Å². The number of carbonyl (C=O) groups is 1. The number of amides is 1. The van der Waals surface area contributed by atoms with Crippen molar-refractivity contribution in [2.24, 2.45) is 0 Å². The normalized spacial score (nSPS) is 15.3. The number of hydrogen-bond acceptors (Lipinski definition) is 7. The molecule has 2 N–H and O–H groups in total. The zero-order valence-corrected chi connectivity index (χ0v) is 21.5. The van der Waals surface area contributed by atoms with Crippen molar-refractivity contribution in [2.45, 2.75) is 52.2 Å². The molecule has 4 aromatic rings. The minimum Gasteiger partial charge on any atom is -0.361 e. The molecule has 11 heteroatoms. The van der Waals surface area contributed by atoms with Crippen LogP contribution in [0.5, 0.6) is 0 Å². The SMILES string of the molecule is Cc1cc(C)cc(CNc2ncc3n(c2=O)[C@H](C(=O)NC(C)c2cc(Cl)ccc2-n2cnnn2)CC3)c1. The van der Waals surface area contributed by atoms with E-state index in [0.717, 1.165) is 27.9 Å². The van der Waals surface area contributed by atoms with Gasteiger partial charge in [-0.05, 0) is 67.8 Å². The summed E-state index contributed by atoms with van der Waals surface area (Å²) in [5.74, 6) is -0.0195. The highest BCUT2D eigenvalue weighted by molar-refractivity contribution is 6.30. The molecule has 2 aromatic carbocycles. The lowest BCUT2D eigenvalue weighted by molar-refractivity contribution is -0.124. The Morgan fingerprint density at radius 1 is 1.19 bits per heavy atom. The molecule has 1 amide bonds. The van der Waals surface area contributed by atoms with E-state index in [-0.39, 0.29) is 17.3 Å². The van der Waals surface area contributed by atoms with E-state index in [2.05, 4.69) is 49.3 Å². The summed E-state index contributed by atoms with van der Waals surface area (Å²) in [6.45, 7) is 6.41. The second-order valence-electron chi connectivity index (χ2n) is 9.37. The number of halogens is 1. The van der Waals surface area contributed by atoms with Crippen molar-refractivity contribution in [1.82, 2.24) is 35.1 Å². The number of nitrogens with one attached hydrogen (secondary N) is 2. The number of anilines is 1. The smallest absolute Gasteiger partial charge is 0.294 e. The quantitative estimate of drug-likeness (QED) is 0.384. The highest BCUT2D eigenvalue weighted by Gasteiger charge is 2.31. The molecule has 0 saturated carbocycles. The maximum Gasteiger partial charge on any atom is 0.294 e. The minimum absolute atomic E-state index is 0.228. The van der Waals surface area contributed by atoms with Crippen molar-refractivity contribution >= 4 is 23.3 Å². The Morgan fingerprint density at radius 3 is 2.70 bits per heavy atom. The second-order valence-corrected chi connectivity index (χ2v) is 9.80. The summed E-state index contributed by atoms with van der Waals surface area (Å²) >= 11 is 6.25. The molecule has 190 valence electrons. The molecule has 37 heavy (non-hydrogen) atoms. The summed E-state index contributed by atoms with van der Waals surface area (Å²) in [5.41, 5.74) is 5.27. The number of tetrazole rings is 1. The molecule has 2 aromatic heterocycles. The molecule has 0 spiro atoms. The van der Waals surface area contributed by atoms with Crippen LogP contribution in [0.3, 0.4) is 0 Å². The number of fused-ring (bicyclic) bond motifs is 1. The second kappa shape index (κ2) is 10.1. The van der Waals surface area contributed by atoms with Gasteiger partial charge in [-0.3, -0.25) is 14.2 Å². The maximum atomic E-state index is 13.4. The monoisotopic (exact) mass is 518 g/mol. The van der Waals surface area contributed by atoms with E-state index in [4.69, 9.17) is 11.6 Å². The van der Waals surface area contributed by atoms with Crippen LogP contribution in [0.25, 0.3) is 5.69 Å². The van der Waals surface area contributed by atoms with Gasteiger partial charge in [0, 0.05) is 29.0 Å². The molecular formula is C26H27ClN8O2. The van der Waals surface area contributed by atoms with E-state index in [0.29, 0.717) is 30.1 Å². The number of carbonyl (C=O) groups excluding carboxylic acids is 1. The first-order valence-corrected chi connectivity index (χ1v) is 12.4. The van der Waals surface area contributed by atoms with Crippen LogP contribution in [0.2, 0.25) is 5.02 Å². The largest absolute Gasteiger partial charge is 0.361 e. The lowest BCUT2D eigenvalue weighted by Gasteiger charge is -2.21. The van der Waals surface area contributed by atoms with Crippen LogP contribution in [-0.4, -0.2) is 35.7 Å². The third-order valence-corrected chi connectivity index (χ3v) is 6.75. The number of benzene rings is 2. The predicted octanol–water partition coefficient (Wildman–Crippen LogP) is 3.47. The average molecular weight is 519 g/mol. The van der Waals surface area contributed by atoms with E-state index in [1.807, 2.05) is 20.8 Å². The molecule has 1 unspecified atom stereocenters. The number of aryl methyl sites for hydroxylation is 3. The summed E-state index contributed by atoms with van der Waals surface area (Å²) in [7, 11) is 0. The first-order valence-electron chi connectivity index (χ1n) is 12.0. The molecule has 2 atom stereocenters. The Balaban J connectivity index is 1.36. The fourth-order valence-corrected chi connectivity index (χ4v) is 5.09. The van der Waals surface area contributed by atoms with E-state index < -0.39 is 12.1 Å². The molecule has 0 bridgehead atoms. The Labute approximate surface area is 218 Å². The maximum absolute atomic E-state index is 13.4. The van der Waals surface area contributed by atoms with Gasteiger partial charge in [-0.2, -0.15) is 0 Å². The van der Waals surface area contributed by atoms with Crippen LogP contribution in [-0.2, 0) is 17.8 Å². The summed E-state index contributed by atoms with van der Waals surface area (Å²) in [6.07, 6.45) is 4.27. The van der Waals surface area contributed by atoms with E-state index in [9.17, 15) is 9.59 Å². The topological polar surface area (TPSA) is 120 Å². The van der Waals surface area contributed by atoms with Crippen molar-refractivity contribution in [3.05, 3.63) is 92.2 Å². The Morgan fingerprint density at radius 2 is 1.97 bits per heavy atom. The van der Waals surface area contributed by atoms with Crippen LogP contribution < -0.4 is 16.2 Å².